The molecule has 2 rings (SSSR count). The highest BCUT2D eigenvalue weighted by atomic mass is 16.7. The lowest BCUT2D eigenvalue weighted by Gasteiger charge is -2.35. The number of Topliss-reactive ketones (excluding diaryl/α,β-unsaturated/α-hetero) is 1. The highest BCUT2D eigenvalue weighted by molar-refractivity contribution is 6.05. The molecule has 1 fully saturated rings. The second-order valence-electron chi connectivity index (χ2n) is 4.93. The van der Waals surface area contributed by atoms with Crippen LogP contribution in [0.1, 0.15) is 12.0 Å². The smallest absolute Gasteiger partial charge is 0.256 e. The molecule has 1 amide bonds. The lowest BCUT2D eigenvalue weighted by Crippen LogP contribution is -2.49. The molecule has 0 aliphatic heterocycles. The molecule has 0 spiro atoms. The van der Waals surface area contributed by atoms with Crippen molar-refractivity contribution in [2.24, 2.45) is 11.8 Å². The van der Waals surface area contributed by atoms with E-state index in [9.17, 15) is 9.59 Å². The number of rotatable bonds is 6. The Morgan fingerprint density at radius 3 is 2.65 bits per heavy atom. The van der Waals surface area contributed by atoms with E-state index in [1.165, 1.54) is 14.2 Å². The zero-order chi connectivity index (χ0) is 14.5. The average Bonchev–Trinajstić information content (AvgIpc) is 2.46. The van der Waals surface area contributed by atoms with Crippen molar-refractivity contribution < 1.29 is 19.2 Å². The molecule has 0 N–H and O–H groups in total. The Labute approximate surface area is 118 Å². The lowest BCUT2D eigenvalue weighted by atomic mass is 9.72. The molecular formula is C15H19NO4. The first-order chi connectivity index (χ1) is 9.63. The number of ether oxygens (including phenoxy) is 1. The Morgan fingerprint density at radius 2 is 2.05 bits per heavy atom. The molecule has 5 nitrogen and oxygen atoms in total. The van der Waals surface area contributed by atoms with E-state index < -0.39 is 5.92 Å². The van der Waals surface area contributed by atoms with Gasteiger partial charge in [0, 0.05) is 19.4 Å². The summed E-state index contributed by atoms with van der Waals surface area (Å²) >= 11 is 0. The molecule has 20 heavy (non-hydrogen) atoms. The number of ketones is 1. The van der Waals surface area contributed by atoms with Crippen molar-refractivity contribution in [1.29, 1.82) is 0 Å². The van der Waals surface area contributed by atoms with Gasteiger partial charge in [0.2, 0.25) is 0 Å². The van der Waals surface area contributed by atoms with Crippen LogP contribution >= 0.6 is 0 Å². The summed E-state index contributed by atoms with van der Waals surface area (Å²) in [5.41, 5.74) is 1.08. The number of hydroxylamine groups is 2. The molecule has 2 atom stereocenters. The van der Waals surface area contributed by atoms with Crippen LogP contribution in [0, 0.1) is 11.8 Å². The van der Waals surface area contributed by atoms with Crippen molar-refractivity contribution in [1.82, 2.24) is 5.06 Å². The number of benzene rings is 1. The first kappa shape index (κ1) is 14.7. The Morgan fingerprint density at radius 1 is 1.35 bits per heavy atom. The van der Waals surface area contributed by atoms with Crippen LogP contribution in [-0.2, 0) is 25.8 Å². The number of nitrogens with zero attached hydrogens (tertiary/aromatic N) is 1. The Hall–Kier alpha value is -1.72. The van der Waals surface area contributed by atoms with Gasteiger partial charge in [-0.25, -0.2) is 5.06 Å². The number of hydrogen-bond donors (Lipinski definition) is 0. The van der Waals surface area contributed by atoms with Gasteiger partial charge in [0.05, 0.1) is 20.3 Å². The van der Waals surface area contributed by atoms with E-state index >= 15 is 0 Å². The van der Waals surface area contributed by atoms with Gasteiger partial charge < -0.3 is 4.74 Å². The molecule has 1 saturated carbocycles. The first-order valence-corrected chi connectivity index (χ1v) is 6.59. The van der Waals surface area contributed by atoms with Crippen molar-refractivity contribution in [3.8, 4) is 0 Å². The normalized spacial score (nSPS) is 21.4. The summed E-state index contributed by atoms with van der Waals surface area (Å²) in [6.07, 6.45) is 0.406. The summed E-state index contributed by atoms with van der Waals surface area (Å²) in [4.78, 5) is 28.3. The molecule has 0 aromatic heterocycles. The van der Waals surface area contributed by atoms with E-state index in [4.69, 9.17) is 9.57 Å². The molecule has 108 valence electrons. The molecule has 0 bridgehead atoms. The van der Waals surface area contributed by atoms with E-state index in [0.29, 0.717) is 19.6 Å². The molecular weight excluding hydrogens is 258 g/mol. The number of carbonyl (C=O) groups is 2. The quantitative estimate of drug-likeness (QED) is 0.583. The average molecular weight is 277 g/mol. The van der Waals surface area contributed by atoms with Gasteiger partial charge in [-0.15, -0.1) is 0 Å². The third-order valence-corrected chi connectivity index (χ3v) is 3.58. The maximum Gasteiger partial charge on any atom is 0.256 e. The molecule has 1 aromatic rings. The predicted molar refractivity (Wildman–Crippen MR) is 72.5 cm³/mol. The molecule has 1 aliphatic rings. The van der Waals surface area contributed by atoms with Crippen molar-refractivity contribution in [3.05, 3.63) is 35.9 Å². The second kappa shape index (κ2) is 6.63. The number of hydrogen-bond acceptors (Lipinski definition) is 4. The first-order valence-electron chi connectivity index (χ1n) is 6.59. The third kappa shape index (κ3) is 3.23. The van der Waals surface area contributed by atoms with Gasteiger partial charge in [0.15, 0.2) is 0 Å². The maximum atomic E-state index is 11.9. The van der Waals surface area contributed by atoms with Gasteiger partial charge in [-0.3, -0.25) is 14.4 Å². The lowest BCUT2D eigenvalue weighted by molar-refractivity contribution is -0.182. The van der Waals surface area contributed by atoms with Crippen LogP contribution in [-0.4, -0.2) is 37.5 Å². The van der Waals surface area contributed by atoms with E-state index in [1.54, 1.807) is 0 Å². The highest BCUT2D eigenvalue weighted by Crippen LogP contribution is 2.32. The summed E-state index contributed by atoms with van der Waals surface area (Å²) < 4.78 is 5.60. The van der Waals surface area contributed by atoms with Gasteiger partial charge in [0.1, 0.15) is 11.7 Å². The monoisotopic (exact) mass is 277 g/mol. The van der Waals surface area contributed by atoms with Crippen molar-refractivity contribution in [3.63, 3.8) is 0 Å². The summed E-state index contributed by atoms with van der Waals surface area (Å²) in [5.74, 6) is -0.990. The topological polar surface area (TPSA) is 55.8 Å². The third-order valence-electron chi connectivity index (χ3n) is 3.58. The summed E-state index contributed by atoms with van der Waals surface area (Å²) in [5, 5.41) is 1.10. The Kier molecular flexibility index (Phi) is 4.87. The predicted octanol–water partition coefficient (Wildman–Crippen LogP) is 1.43. The van der Waals surface area contributed by atoms with Crippen LogP contribution in [0.4, 0.5) is 0 Å². The SMILES string of the molecule is CON(C)C(=O)[C@H]1C(=O)C[C@H]1COCc1ccccc1. The fourth-order valence-electron chi connectivity index (χ4n) is 2.29. The van der Waals surface area contributed by atoms with Gasteiger partial charge in [-0.2, -0.15) is 0 Å². The summed E-state index contributed by atoms with van der Waals surface area (Å²) in [6, 6.07) is 9.81. The highest BCUT2D eigenvalue weighted by Gasteiger charge is 2.46. The van der Waals surface area contributed by atoms with E-state index in [-0.39, 0.29) is 17.6 Å². The standard InChI is InChI=1S/C15H19NO4/c1-16(19-2)15(18)14-12(8-13(14)17)10-20-9-11-6-4-3-5-7-11/h3-7,12,14H,8-10H2,1-2H3/t12-,14+/m0/s1. The molecule has 1 aromatic carbocycles. The van der Waals surface area contributed by atoms with Crippen molar-refractivity contribution >= 4 is 11.7 Å². The van der Waals surface area contributed by atoms with E-state index in [2.05, 4.69) is 0 Å². The summed E-state index contributed by atoms with van der Waals surface area (Å²) in [7, 11) is 2.91. The molecule has 5 heteroatoms. The van der Waals surface area contributed by atoms with Crippen LogP contribution in [0.15, 0.2) is 30.3 Å². The van der Waals surface area contributed by atoms with Gasteiger partial charge in [-0.1, -0.05) is 30.3 Å². The minimum absolute atomic E-state index is 0.0350. The molecule has 0 radical (unpaired) electrons. The zero-order valence-electron chi connectivity index (χ0n) is 11.7. The fourth-order valence-corrected chi connectivity index (χ4v) is 2.29. The minimum atomic E-state index is -0.615. The molecule has 1 aliphatic carbocycles. The second-order valence-corrected chi connectivity index (χ2v) is 4.93. The van der Waals surface area contributed by atoms with Gasteiger partial charge >= 0.3 is 0 Å². The zero-order valence-corrected chi connectivity index (χ0v) is 11.7. The van der Waals surface area contributed by atoms with Gasteiger partial charge in [-0.05, 0) is 5.56 Å². The van der Waals surface area contributed by atoms with E-state index in [1.807, 2.05) is 30.3 Å². The minimum Gasteiger partial charge on any atom is -0.376 e. The molecule has 0 heterocycles. The Balaban J connectivity index is 1.81. The van der Waals surface area contributed by atoms with Crippen LogP contribution < -0.4 is 0 Å². The van der Waals surface area contributed by atoms with Crippen molar-refractivity contribution in [2.75, 3.05) is 20.8 Å². The van der Waals surface area contributed by atoms with Crippen LogP contribution in [0.3, 0.4) is 0 Å². The van der Waals surface area contributed by atoms with Crippen LogP contribution in [0.2, 0.25) is 0 Å². The molecule has 0 saturated heterocycles. The summed E-state index contributed by atoms with van der Waals surface area (Å²) in [6.45, 7) is 0.904. The van der Waals surface area contributed by atoms with E-state index in [0.717, 1.165) is 10.6 Å². The molecule has 0 unspecified atom stereocenters. The maximum absolute atomic E-state index is 11.9. The fraction of sp³-hybridized carbons (Fsp3) is 0.467. The van der Waals surface area contributed by atoms with Crippen LogP contribution in [0.5, 0.6) is 0 Å². The Bertz CT molecular complexity index is 474. The van der Waals surface area contributed by atoms with Gasteiger partial charge in [0.25, 0.3) is 5.91 Å². The largest absolute Gasteiger partial charge is 0.376 e. The van der Waals surface area contributed by atoms with Crippen molar-refractivity contribution in [2.45, 2.75) is 13.0 Å². The van der Waals surface area contributed by atoms with Crippen LogP contribution in [0.25, 0.3) is 0 Å². The number of carbonyl (C=O) groups excluding carboxylic acids is 2. The number of amides is 1.